The highest BCUT2D eigenvalue weighted by atomic mass is 35.5. The lowest BCUT2D eigenvalue weighted by Gasteiger charge is -2.01. The van der Waals surface area contributed by atoms with E-state index in [-0.39, 0.29) is 5.91 Å². The van der Waals surface area contributed by atoms with Crippen LogP contribution in [0.2, 0.25) is 10.0 Å². The molecule has 4 N–H and O–H groups in total. The maximum Gasteiger partial charge on any atom is 0.265 e. The quantitative estimate of drug-likeness (QED) is 0.385. The molecule has 7 heteroatoms. The molecule has 0 unspecified atom stereocenters. The van der Waals surface area contributed by atoms with E-state index >= 15 is 0 Å². The highest BCUT2D eigenvalue weighted by Gasteiger charge is 2.12. The minimum Gasteiger partial charge on any atom is -0.338 e. The molecule has 0 fully saturated rings. The van der Waals surface area contributed by atoms with Crippen LogP contribution in [0.4, 0.5) is 0 Å². The lowest BCUT2D eigenvalue weighted by Crippen LogP contribution is -2.29. The van der Waals surface area contributed by atoms with Gasteiger partial charge in [-0.15, -0.1) is 0 Å². The second kappa shape index (κ2) is 5.37. The molecule has 0 aliphatic carbocycles. The van der Waals surface area contributed by atoms with E-state index in [1.807, 2.05) is 6.07 Å². The molecule has 0 atom stereocenters. The Labute approximate surface area is 130 Å². The molecular weight excluding hydrogens is 311 g/mol. The van der Waals surface area contributed by atoms with Crippen molar-refractivity contribution in [2.45, 2.75) is 0 Å². The number of hydrogen-bond acceptors (Lipinski definition) is 3. The van der Waals surface area contributed by atoms with E-state index in [4.69, 9.17) is 29.0 Å². The molecule has 21 heavy (non-hydrogen) atoms. The van der Waals surface area contributed by atoms with Crippen molar-refractivity contribution in [3.8, 4) is 11.4 Å². The van der Waals surface area contributed by atoms with Crippen molar-refractivity contribution >= 4 is 40.1 Å². The number of aromatic amines is 1. The van der Waals surface area contributed by atoms with Crippen molar-refractivity contribution in [3.05, 3.63) is 52.0 Å². The summed E-state index contributed by atoms with van der Waals surface area (Å²) < 4.78 is 0. The third kappa shape index (κ3) is 2.47. The maximum absolute atomic E-state index is 11.5. The van der Waals surface area contributed by atoms with Gasteiger partial charge in [0.1, 0.15) is 5.82 Å². The van der Waals surface area contributed by atoms with Gasteiger partial charge in [0.05, 0.1) is 21.1 Å². The Bertz CT molecular complexity index is 844. The Morgan fingerprint density at radius 2 is 2.05 bits per heavy atom. The lowest BCUT2D eigenvalue weighted by molar-refractivity contribution is 0.0954. The summed E-state index contributed by atoms with van der Waals surface area (Å²) in [5, 5.41) is 0.885. The number of amides is 1. The number of hydrazine groups is 1. The van der Waals surface area contributed by atoms with Crippen molar-refractivity contribution in [2.24, 2.45) is 5.84 Å². The predicted octanol–water partition coefficient (Wildman–Crippen LogP) is 3.14. The highest BCUT2D eigenvalue weighted by Crippen LogP contribution is 2.32. The average Bonchev–Trinajstić information content (AvgIpc) is 2.91. The summed E-state index contributed by atoms with van der Waals surface area (Å²) >= 11 is 12.2. The van der Waals surface area contributed by atoms with Gasteiger partial charge in [-0.2, -0.15) is 0 Å². The van der Waals surface area contributed by atoms with E-state index in [1.165, 1.54) is 0 Å². The van der Waals surface area contributed by atoms with E-state index in [9.17, 15) is 4.79 Å². The number of carbonyl (C=O) groups excluding carboxylic acids is 1. The van der Waals surface area contributed by atoms with E-state index in [0.29, 0.717) is 32.5 Å². The summed E-state index contributed by atoms with van der Waals surface area (Å²) in [7, 11) is 0. The Hall–Kier alpha value is -2.08. The molecule has 106 valence electrons. The molecule has 3 rings (SSSR count). The van der Waals surface area contributed by atoms with Gasteiger partial charge in [-0.3, -0.25) is 10.2 Å². The first-order valence-corrected chi connectivity index (χ1v) is 6.81. The van der Waals surface area contributed by atoms with Crippen LogP contribution in [0, 0.1) is 0 Å². The molecule has 0 aliphatic rings. The fourth-order valence-electron chi connectivity index (χ4n) is 2.05. The lowest BCUT2D eigenvalue weighted by atomic mass is 10.2. The zero-order valence-corrected chi connectivity index (χ0v) is 12.2. The van der Waals surface area contributed by atoms with Gasteiger partial charge in [-0.1, -0.05) is 29.3 Å². The molecule has 0 saturated carbocycles. The van der Waals surface area contributed by atoms with Gasteiger partial charge in [0.15, 0.2) is 0 Å². The minimum atomic E-state index is -0.367. The summed E-state index contributed by atoms with van der Waals surface area (Å²) in [6.07, 6.45) is 0. The van der Waals surface area contributed by atoms with Crippen LogP contribution < -0.4 is 11.3 Å². The van der Waals surface area contributed by atoms with E-state index in [1.54, 1.807) is 30.3 Å². The number of nitrogens with one attached hydrogen (secondary N) is 2. The van der Waals surface area contributed by atoms with Crippen LogP contribution in [0.3, 0.4) is 0 Å². The number of aromatic nitrogens is 2. The van der Waals surface area contributed by atoms with Crippen molar-refractivity contribution < 1.29 is 4.79 Å². The van der Waals surface area contributed by atoms with E-state index in [0.717, 1.165) is 5.52 Å². The minimum absolute atomic E-state index is 0.367. The SMILES string of the molecule is NNC(=O)c1ccc2nc(-c3cccc(Cl)c3Cl)[nH]c2c1. The number of imidazole rings is 1. The molecule has 3 aromatic rings. The molecule has 0 radical (unpaired) electrons. The molecule has 1 aromatic heterocycles. The predicted molar refractivity (Wildman–Crippen MR) is 83.2 cm³/mol. The van der Waals surface area contributed by atoms with Crippen LogP contribution in [0.1, 0.15) is 10.4 Å². The fourth-order valence-corrected chi connectivity index (χ4v) is 2.44. The number of benzene rings is 2. The molecule has 2 aromatic carbocycles. The zero-order valence-electron chi connectivity index (χ0n) is 10.7. The molecule has 0 saturated heterocycles. The third-order valence-corrected chi connectivity index (χ3v) is 3.90. The summed E-state index contributed by atoms with van der Waals surface area (Å²) in [4.78, 5) is 19.1. The zero-order chi connectivity index (χ0) is 15.0. The largest absolute Gasteiger partial charge is 0.338 e. The fraction of sp³-hybridized carbons (Fsp3) is 0. The first-order chi connectivity index (χ1) is 10.1. The normalized spacial score (nSPS) is 10.8. The second-order valence-corrected chi connectivity index (χ2v) is 5.18. The Morgan fingerprint density at radius 1 is 1.24 bits per heavy atom. The molecule has 5 nitrogen and oxygen atoms in total. The van der Waals surface area contributed by atoms with E-state index in [2.05, 4.69) is 15.4 Å². The first-order valence-electron chi connectivity index (χ1n) is 6.05. The van der Waals surface area contributed by atoms with Crippen molar-refractivity contribution in [1.82, 2.24) is 15.4 Å². The van der Waals surface area contributed by atoms with Gasteiger partial charge in [0, 0.05) is 11.1 Å². The Kier molecular flexibility index (Phi) is 3.55. The highest BCUT2D eigenvalue weighted by molar-refractivity contribution is 6.43. The number of nitrogen functional groups attached to an aromatic ring is 1. The number of nitrogens with zero attached hydrogens (tertiary/aromatic N) is 1. The van der Waals surface area contributed by atoms with E-state index < -0.39 is 0 Å². The summed E-state index contributed by atoms with van der Waals surface area (Å²) in [5.74, 6) is 5.34. The van der Waals surface area contributed by atoms with Crippen LogP contribution in [0.25, 0.3) is 22.4 Å². The number of carbonyl (C=O) groups is 1. The summed E-state index contributed by atoms with van der Waals surface area (Å²) in [6.45, 7) is 0. The van der Waals surface area contributed by atoms with Crippen molar-refractivity contribution in [2.75, 3.05) is 0 Å². The van der Waals surface area contributed by atoms with Gasteiger partial charge in [-0.05, 0) is 30.3 Å². The summed E-state index contributed by atoms with van der Waals surface area (Å²) in [5.41, 5.74) is 4.66. The molecule has 0 bridgehead atoms. The number of rotatable bonds is 2. The average molecular weight is 321 g/mol. The smallest absolute Gasteiger partial charge is 0.265 e. The topological polar surface area (TPSA) is 83.8 Å². The number of nitrogens with two attached hydrogens (primary N) is 1. The van der Waals surface area contributed by atoms with Crippen LogP contribution in [0.5, 0.6) is 0 Å². The van der Waals surface area contributed by atoms with Crippen LogP contribution in [-0.2, 0) is 0 Å². The van der Waals surface area contributed by atoms with Gasteiger partial charge in [0.2, 0.25) is 0 Å². The standard InChI is InChI=1S/C14H10Cl2N4O/c15-9-3-1-2-8(12(9)16)13-18-10-5-4-7(14(21)20-17)6-11(10)19-13/h1-6H,17H2,(H,18,19)(H,20,21). The van der Waals surface area contributed by atoms with Gasteiger partial charge < -0.3 is 4.98 Å². The molecule has 0 aliphatic heterocycles. The molecule has 0 spiro atoms. The monoisotopic (exact) mass is 320 g/mol. The van der Waals surface area contributed by atoms with Crippen molar-refractivity contribution in [3.63, 3.8) is 0 Å². The molecule has 1 amide bonds. The Balaban J connectivity index is 2.13. The number of H-pyrrole nitrogens is 1. The number of halogens is 2. The van der Waals surface area contributed by atoms with Crippen LogP contribution >= 0.6 is 23.2 Å². The maximum atomic E-state index is 11.5. The summed E-state index contributed by atoms with van der Waals surface area (Å²) in [6, 6.07) is 10.4. The second-order valence-electron chi connectivity index (χ2n) is 4.39. The van der Waals surface area contributed by atoms with Gasteiger partial charge in [-0.25, -0.2) is 10.8 Å². The Morgan fingerprint density at radius 3 is 2.81 bits per heavy atom. The molecule has 1 heterocycles. The third-order valence-electron chi connectivity index (χ3n) is 3.08. The number of hydrogen-bond donors (Lipinski definition) is 3. The van der Waals surface area contributed by atoms with Crippen LogP contribution in [-0.4, -0.2) is 15.9 Å². The van der Waals surface area contributed by atoms with Crippen LogP contribution in [0.15, 0.2) is 36.4 Å². The number of fused-ring (bicyclic) bond motifs is 1. The van der Waals surface area contributed by atoms with Gasteiger partial charge >= 0.3 is 0 Å². The van der Waals surface area contributed by atoms with Crippen molar-refractivity contribution in [1.29, 1.82) is 0 Å². The van der Waals surface area contributed by atoms with Gasteiger partial charge in [0.25, 0.3) is 5.91 Å². The first kappa shape index (κ1) is 13.9. The molecular formula is C14H10Cl2N4O.